The molecule has 0 saturated heterocycles. The Labute approximate surface area is 78.2 Å². The molecule has 68 valence electrons. The van der Waals surface area contributed by atoms with Gasteiger partial charge in [-0.1, -0.05) is 6.08 Å². The lowest BCUT2D eigenvalue weighted by atomic mass is 10.2. The average Bonchev–Trinajstić information content (AvgIpc) is 2.94. The largest absolute Gasteiger partial charge is 0.392 e. The van der Waals surface area contributed by atoms with Crippen LogP contribution in [-0.4, -0.2) is 22.2 Å². The molecule has 0 aromatic heterocycles. The zero-order chi connectivity index (χ0) is 8.55. The Morgan fingerprint density at radius 3 is 2.83 bits per heavy atom. The molecule has 0 aromatic rings. The molecule has 0 radical (unpaired) electrons. The van der Waals surface area contributed by atoms with Gasteiger partial charge in [-0.15, -0.1) is 6.58 Å². The van der Waals surface area contributed by atoms with Crippen LogP contribution in [-0.2, 0) is 0 Å². The van der Waals surface area contributed by atoms with Crippen LogP contribution < -0.4 is 0 Å². The SMILES string of the molecule is C=CC1C[C@@H]1C(O)CSC1CC1. The van der Waals surface area contributed by atoms with Gasteiger partial charge in [-0.2, -0.15) is 11.8 Å². The molecule has 0 spiro atoms. The van der Waals surface area contributed by atoms with Crippen molar-refractivity contribution in [3.8, 4) is 0 Å². The number of allylic oxidation sites excluding steroid dienone is 1. The molecule has 2 heteroatoms. The Morgan fingerprint density at radius 1 is 1.58 bits per heavy atom. The molecule has 3 atom stereocenters. The number of aliphatic hydroxyl groups is 1. The summed E-state index contributed by atoms with van der Waals surface area (Å²) in [7, 11) is 0. The van der Waals surface area contributed by atoms with Crippen LogP contribution in [0.25, 0.3) is 0 Å². The summed E-state index contributed by atoms with van der Waals surface area (Å²) in [6.45, 7) is 3.74. The summed E-state index contributed by atoms with van der Waals surface area (Å²) in [5.74, 6) is 2.09. The van der Waals surface area contributed by atoms with E-state index >= 15 is 0 Å². The van der Waals surface area contributed by atoms with E-state index in [1.54, 1.807) is 0 Å². The predicted octanol–water partition coefficient (Wildman–Crippen LogP) is 2.06. The molecule has 2 unspecified atom stereocenters. The molecule has 2 aliphatic carbocycles. The van der Waals surface area contributed by atoms with Gasteiger partial charge < -0.3 is 5.11 Å². The van der Waals surface area contributed by atoms with Crippen LogP contribution in [0.3, 0.4) is 0 Å². The molecular weight excluding hydrogens is 168 g/mol. The van der Waals surface area contributed by atoms with Crippen LogP contribution in [0.4, 0.5) is 0 Å². The topological polar surface area (TPSA) is 20.2 Å². The van der Waals surface area contributed by atoms with Gasteiger partial charge in [0.2, 0.25) is 0 Å². The summed E-state index contributed by atoms with van der Waals surface area (Å²) < 4.78 is 0. The Balaban J connectivity index is 1.63. The maximum atomic E-state index is 9.70. The molecule has 2 rings (SSSR count). The first kappa shape index (κ1) is 8.64. The van der Waals surface area contributed by atoms with Gasteiger partial charge in [0.1, 0.15) is 0 Å². The van der Waals surface area contributed by atoms with Gasteiger partial charge in [-0.3, -0.25) is 0 Å². The van der Waals surface area contributed by atoms with E-state index in [9.17, 15) is 5.11 Å². The molecule has 1 N–H and O–H groups in total. The van der Waals surface area contributed by atoms with Crippen molar-refractivity contribution in [2.24, 2.45) is 11.8 Å². The van der Waals surface area contributed by atoms with Crippen LogP contribution in [0.2, 0.25) is 0 Å². The highest BCUT2D eigenvalue weighted by Gasteiger charge is 2.40. The van der Waals surface area contributed by atoms with E-state index in [1.165, 1.54) is 12.8 Å². The Hall–Kier alpha value is 0.0500. The molecule has 12 heavy (non-hydrogen) atoms. The fourth-order valence-corrected chi connectivity index (χ4v) is 2.73. The van der Waals surface area contributed by atoms with E-state index in [0.29, 0.717) is 11.8 Å². The van der Waals surface area contributed by atoms with E-state index in [2.05, 4.69) is 6.58 Å². The average molecular weight is 184 g/mol. The van der Waals surface area contributed by atoms with Crippen molar-refractivity contribution in [1.82, 2.24) is 0 Å². The van der Waals surface area contributed by atoms with Crippen LogP contribution in [0.1, 0.15) is 19.3 Å². The number of aliphatic hydroxyl groups excluding tert-OH is 1. The van der Waals surface area contributed by atoms with E-state index in [4.69, 9.17) is 0 Å². The number of rotatable bonds is 5. The zero-order valence-corrected chi connectivity index (χ0v) is 8.09. The van der Waals surface area contributed by atoms with Crippen molar-refractivity contribution in [3.63, 3.8) is 0 Å². The third-order valence-corrected chi connectivity index (χ3v) is 4.19. The first-order valence-corrected chi connectivity index (χ1v) is 5.78. The maximum absolute atomic E-state index is 9.70. The van der Waals surface area contributed by atoms with Crippen LogP contribution in [0, 0.1) is 11.8 Å². The zero-order valence-electron chi connectivity index (χ0n) is 7.28. The lowest BCUT2D eigenvalue weighted by molar-refractivity contribution is 0.172. The highest BCUT2D eigenvalue weighted by Crippen LogP contribution is 2.44. The molecule has 0 aromatic carbocycles. The number of thioether (sulfide) groups is 1. The monoisotopic (exact) mass is 184 g/mol. The van der Waals surface area contributed by atoms with E-state index in [-0.39, 0.29) is 6.10 Å². The lowest BCUT2D eigenvalue weighted by Crippen LogP contribution is -2.14. The van der Waals surface area contributed by atoms with E-state index in [0.717, 1.165) is 17.4 Å². The fraction of sp³-hybridized carbons (Fsp3) is 0.800. The van der Waals surface area contributed by atoms with E-state index in [1.807, 2.05) is 17.8 Å². The van der Waals surface area contributed by atoms with Gasteiger partial charge in [0.15, 0.2) is 0 Å². The molecular formula is C10H16OS. The highest BCUT2D eigenvalue weighted by atomic mass is 32.2. The second-order valence-corrected chi connectivity index (χ2v) is 5.23. The first-order chi connectivity index (χ1) is 5.81. The smallest absolute Gasteiger partial charge is 0.0664 e. The van der Waals surface area contributed by atoms with Crippen molar-refractivity contribution >= 4 is 11.8 Å². The summed E-state index contributed by atoms with van der Waals surface area (Å²) in [5.41, 5.74) is 0. The summed E-state index contributed by atoms with van der Waals surface area (Å²) in [6, 6.07) is 0. The fourth-order valence-electron chi connectivity index (χ4n) is 1.54. The Morgan fingerprint density at radius 2 is 2.33 bits per heavy atom. The van der Waals surface area contributed by atoms with Crippen LogP contribution >= 0.6 is 11.8 Å². The van der Waals surface area contributed by atoms with Crippen LogP contribution in [0.15, 0.2) is 12.7 Å². The summed E-state index contributed by atoms with van der Waals surface area (Å²) >= 11 is 1.95. The lowest BCUT2D eigenvalue weighted by Gasteiger charge is -2.07. The van der Waals surface area contributed by atoms with Crippen molar-refractivity contribution in [2.45, 2.75) is 30.6 Å². The second-order valence-electron chi connectivity index (χ2n) is 3.90. The predicted molar refractivity (Wildman–Crippen MR) is 53.3 cm³/mol. The summed E-state index contributed by atoms with van der Waals surface area (Å²) in [6.07, 6.45) is 5.81. The van der Waals surface area contributed by atoms with Gasteiger partial charge in [0.25, 0.3) is 0 Å². The molecule has 1 nitrogen and oxygen atoms in total. The molecule has 0 amide bonds. The van der Waals surface area contributed by atoms with Gasteiger partial charge >= 0.3 is 0 Å². The van der Waals surface area contributed by atoms with Crippen molar-refractivity contribution in [3.05, 3.63) is 12.7 Å². The van der Waals surface area contributed by atoms with Gasteiger partial charge in [0, 0.05) is 11.0 Å². The molecule has 2 fully saturated rings. The molecule has 0 aliphatic heterocycles. The quantitative estimate of drug-likeness (QED) is 0.660. The van der Waals surface area contributed by atoms with Crippen molar-refractivity contribution < 1.29 is 5.11 Å². The second kappa shape index (κ2) is 3.43. The minimum atomic E-state index is -0.0707. The third kappa shape index (κ3) is 2.05. The first-order valence-electron chi connectivity index (χ1n) is 4.73. The summed E-state index contributed by atoms with van der Waals surface area (Å²) in [5, 5.41) is 10.6. The van der Waals surface area contributed by atoms with Gasteiger partial charge in [-0.05, 0) is 31.1 Å². The molecule has 2 saturated carbocycles. The number of hydrogen-bond acceptors (Lipinski definition) is 2. The third-order valence-electron chi connectivity index (χ3n) is 2.72. The number of hydrogen-bond donors (Lipinski definition) is 1. The standard InChI is InChI=1S/C10H16OS/c1-2-7-5-9(7)10(11)6-12-8-3-4-8/h2,7-11H,1,3-6H2/t7?,9-,10?/m0/s1. The molecule has 2 aliphatic rings. The molecule has 0 bridgehead atoms. The minimum Gasteiger partial charge on any atom is -0.392 e. The highest BCUT2D eigenvalue weighted by molar-refractivity contribution is 8.00. The van der Waals surface area contributed by atoms with Gasteiger partial charge in [0.05, 0.1) is 6.10 Å². The van der Waals surface area contributed by atoms with Crippen molar-refractivity contribution in [2.75, 3.05) is 5.75 Å². The Kier molecular flexibility index (Phi) is 2.47. The minimum absolute atomic E-state index is 0.0707. The summed E-state index contributed by atoms with van der Waals surface area (Å²) in [4.78, 5) is 0. The van der Waals surface area contributed by atoms with Crippen LogP contribution in [0.5, 0.6) is 0 Å². The van der Waals surface area contributed by atoms with E-state index < -0.39 is 0 Å². The molecule has 0 heterocycles. The van der Waals surface area contributed by atoms with Gasteiger partial charge in [-0.25, -0.2) is 0 Å². The normalized spacial score (nSPS) is 36.1. The Bertz CT molecular complexity index is 177. The maximum Gasteiger partial charge on any atom is 0.0664 e. The van der Waals surface area contributed by atoms with Crippen molar-refractivity contribution in [1.29, 1.82) is 0 Å².